The second-order valence-electron chi connectivity index (χ2n) is 6.34. The van der Waals surface area contributed by atoms with Crippen LogP contribution in [0.5, 0.6) is 0 Å². The van der Waals surface area contributed by atoms with E-state index in [1.54, 1.807) is 11.1 Å². The maximum atomic E-state index is 12.5. The fraction of sp³-hybridized carbons (Fsp3) is 0.500. The normalized spacial score (nSPS) is 18.3. The highest BCUT2D eigenvalue weighted by atomic mass is 32.1. The molecule has 4 heterocycles. The van der Waals surface area contributed by atoms with Crippen LogP contribution in [-0.2, 0) is 4.79 Å². The molecule has 0 aliphatic carbocycles. The van der Waals surface area contributed by atoms with Crippen molar-refractivity contribution in [1.82, 2.24) is 19.7 Å². The van der Waals surface area contributed by atoms with Crippen LogP contribution in [0.2, 0.25) is 0 Å². The van der Waals surface area contributed by atoms with E-state index in [-0.39, 0.29) is 17.9 Å². The van der Waals surface area contributed by atoms with Crippen LogP contribution in [-0.4, -0.2) is 51.1 Å². The number of anilines is 1. The van der Waals surface area contributed by atoms with E-state index >= 15 is 0 Å². The summed E-state index contributed by atoms with van der Waals surface area (Å²) < 4.78 is 1.87. The Morgan fingerprint density at radius 2 is 2.12 bits per heavy atom. The van der Waals surface area contributed by atoms with Gasteiger partial charge in [0.2, 0.25) is 5.91 Å². The molecular formula is C16H19N5O2S. The van der Waals surface area contributed by atoms with Crippen LogP contribution in [0.3, 0.4) is 0 Å². The van der Waals surface area contributed by atoms with Gasteiger partial charge in [0.15, 0.2) is 0 Å². The minimum atomic E-state index is 0.0523. The summed E-state index contributed by atoms with van der Waals surface area (Å²) >= 11 is 1.45. The molecule has 4 rings (SSSR count). The Balaban J connectivity index is 1.41. The number of carbonyl (C=O) groups excluding carboxylic acids is 2. The second-order valence-corrected chi connectivity index (χ2v) is 7.54. The van der Waals surface area contributed by atoms with Crippen molar-refractivity contribution in [3.63, 3.8) is 0 Å². The summed E-state index contributed by atoms with van der Waals surface area (Å²) in [5.74, 6) is 0.215. The number of amides is 2. The number of nitrogens with zero attached hydrogens (tertiary/aromatic N) is 5. The summed E-state index contributed by atoms with van der Waals surface area (Å²) in [6.07, 6.45) is 5.18. The largest absolute Gasteiger partial charge is 0.333 e. The van der Waals surface area contributed by atoms with Gasteiger partial charge in [0.25, 0.3) is 5.91 Å². The van der Waals surface area contributed by atoms with Crippen molar-refractivity contribution in [1.29, 1.82) is 0 Å². The van der Waals surface area contributed by atoms with Crippen molar-refractivity contribution >= 4 is 28.8 Å². The van der Waals surface area contributed by atoms with Gasteiger partial charge in [-0.3, -0.25) is 14.3 Å². The molecule has 0 radical (unpaired) electrons. The maximum Gasteiger partial charge on any atom is 0.266 e. The van der Waals surface area contributed by atoms with E-state index in [4.69, 9.17) is 0 Å². The molecule has 0 spiro atoms. The third kappa shape index (κ3) is 2.50. The highest BCUT2D eigenvalue weighted by Crippen LogP contribution is 2.28. The quantitative estimate of drug-likeness (QED) is 0.850. The number of hydrogen-bond donors (Lipinski definition) is 0. The molecule has 2 aromatic heterocycles. The first-order valence-corrected chi connectivity index (χ1v) is 8.92. The summed E-state index contributed by atoms with van der Waals surface area (Å²) in [6.45, 7) is 5.84. The zero-order valence-electron chi connectivity index (χ0n) is 13.7. The average molecular weight is 345 g/mol. The van der Waals surface area contributed by atoms with Crippen molar-refractivity contribution < 1.29 is 9.59 Å². The topological polar surface area (TPSA) is 71.3 Å². The van der Waals surface area contributed by atoms with Gasteiger partial charge in [0, 0.05) is 32.3 Å². The number of thiazole rings is 1. The van der Waals surface area contributed by atoms with Crippen LogP contribution in [0.15, 0.2) is 12.4 Å². The van der Waals surface area contributed by atoms with E-state index in [0.717, 1.165) is 34.2 Å². The second kappa shape index (κ2) is 5.70. The van der Waals surface area contributed by atoms with Gasteiger partial charge in [-0.25, -0.2) is 4.98 Å². The lowest BCUT2D eigenvalue weighted by Gasteiger charge is -2.39. The molecule has 0 unspecified atom stereocenters. The molecule has 2 saturated heterocycles. The van der Waals surface area contributed by atoms with Crippen LogP contribution >= 0.6 is 11.3 Å². The summed E-state index contributed by atoms with van der Waals surface area (Å²) in [5, 5.41) is 5.30. The lowest BCUT2D eigenvalue weighted by Crippen LogP contribution is -2.50. The predicted molar refractivity (Wildman–Crippen MR) is 90.3 cm³/mol. The van der Waals surface area contributed by atoms with Crippen molar-refractivity contribution in [2.24, 2.45) is 0 Å². The molecule has 2 aliphatic rings. The minimum Gasteiger partial charge on any atom is -0.333 e. The van der Waals surface area contributed by atoms with Gasteiger partial charge >= 0.3 is 0 Å². The Kier molecular flexibility index (Phi) is 3.64. The van der Waals surface area contributed by atoms with Crippen molar-refractivity contribution in [3.8, 4) is 0 Å². The minimum absolute atomic E-state index is 0.0523. The SMILES string of the molecule is Cc1nc(C)c(C(=O)N2CC(n3cc(N4CCCC4=O)cn3)C2)s1. The number of hydrogen-bond acceptors (Lipinski definition) is 5. The number of carbonyl (C=O) groups is 2. The van der Waals surface area contributed by atoms with E-state index in [9.17, 15) is 9.59 Å². The fourth-order valence-corrected chi connectivity index (χ4v) is 4.14. The lowest BCUT2D eigenvalue weighted by molar-refractivity contribution is -0.117. The molecule has 2 aliphatic heterocycles. The molecular weight excluding hydrogens is 326 g/mol. The summed E-state index contributed by atoms with van der Waals surface area (Å²) in [6, 6.07) is 0.176. The van der Waals surface area contributed by atoms with Crippen LogP contribution < -0.4 is 4.90 Å². The number of likely N-dealkylation sites (tertiary alicyclic amines) is 1. The zero-order chi connectivity index (χ0) is 16.8. The first-order valence-electron chi connectivity index (χ1n) is 8.11. The Labute approximate surface area is 143 Å². The summed E-state index contributed by atoms with van der Waals surface area (Å²) in [7, 11) is 0. The molecule has 0 atom stereocenters. The molecule has 0 N–H and O–H groups in total. The Bertz CT molecular complexity index is 805. The molecule has 0 bridgehead atoms. The number of rotatable bonds is 3. The number of aromatic nitrogens is 3. The van der Waals surface area contributed by atoms with Gasteiger partial charge < -0.3 is 9.80 Å². The van der Waals surface area contributed by atoms with Crippen molar-refractivity contribution in [2.45, 2.75) is 32.7 Å². The van der Waals surface area contributed by atoms with E-state index in [1.165, 1.54) is 11.3 Å². The molecule has 2 amide bonds. The van der Waals surface area contributed by atoms with Gasteiger partial charge in [-0.05, 0) is 20.3 Å². The van der Waals surface area contributed by atoms with Crippen molar-refractivity contribution in [2.75, 3.05) is 24.5 Å². The maximum absolute atomic E-state index is 12.5. The third-order valence-electron chi connectivity index (χ3n) is 4.59. The Morgan fingerprint density at radius 3 is 2.75 bits per heavy atom. The van der Waals surface area contributed by atoms with E-state index in [2.05, 4.69) is 10.1 Å². The highest BCUT2D eigenvalue weighted by molar-refractivity contribution is 7.13. The molecule has 0 aromatic carbocycles. The summed E-state index contributed by atoms with van der Waals surface area (Å²) in [4.78, 5) is 33.0. The van der Waals surface area contributed by atoms with Crippen LogP contribution in [0, 0.1) is 13.8 Å². The predicted octanol–water partition coefficient (Wildman–Crippen LogP) is 1.78. The average Bonchev–Trinajstić information content (AvgIpc) is 3.18. The van der Waals surface area contributed by atoms with Crippen LogP contribution in [0.4, 0.5) is 5.69 Å². The molecule has 7 nitrogen and oxygen atoms in total. The monoisotopic (exact) mass is 345 g/mol. The first kappa shape index (κ1) is 15.3. The Hall–Kier alpha value is -2.22. The Morgan fingerprint density at radius 1 is 1.33 bits per heavy atom. The van der Waals surface area contributed by atoms with Gasteiger partial charge in [0.1, 0.15) is 4.88 Å². The lowest BCUT2D eigenvalue weighted by atomic mass is 10.1. The van der Waals surface area contributed by atoms with E-state index in [0.29, 0.717) is 19.5 Å². The highest BCUT2D eigenvalue weighted by Gasteiger charge is 2.35. The van der Waals surface area contributed by atoms with E-state index in [1.807, 2.05) is 29.6 Å². The van der Waals surface area contributed by atoms with Gasteiger partial charge in [-0.15, -0.1) is 11.3 Å². The zero-order valence-corrected chi connectivity index (χ0v) is 14.5. The molecule has 8 heteroatoms. The van der Waals surface area contributed by atoms with E-state index < -0.39 is 0 Å². The first-order chi connectivity index (χ1) is 11.5. The van der Waals surface area contributed by atoms with Gasteiger partial charge in [0.05, 0.1) is 28.6 Å². The molecule has 2 fully saturated rings. The standard InChI is InChI=1S/C16H19N5O2S/c1-10-15(24-11(2)18-10)16(23)19-7-13(8-19)21-9-12(6-17-21)20-5-3-4-14(20)22/h6,9,13H,3-5,7-8H2,1-2H3. The smallest absolute Gasteiger partial charge is 0.266 e. The van der Waals surface area contributed by atoms with Crippen LogP contribution in [0.25, 0.3) is 0 Å². The molecule has 0 saturated carbocycles. The van der Waals surface area contributed by atoms with Crippen molar-refractivity contribution in [3.05, 3.63) is 28.0 Å². The van der Waals surface area contributed by atoms with Crippen LogP contribution in [0.1, 0.15) is 39.3 Å². The summed E-state index contributed by atoms with van der Waals surface area (Å²) in [5.41, 5.74) is 1.66. The van der Waals surface area contributed by atoms with Gasteiger partial charge in [-0.1, -0.05) is 0 Å². The third-order valence-corrected chi connectivity index (χ3v) is 5.66. The molecule has 126 valence electrons. The molecule has 24 heavy (non-hydrogen) atoms. The molecule has 2 aromatic rings. The number of aryl methyl sites for hydroxylation is 2. The van der Waals surface area contributed by atoms with Gasteiger partial charge in [-0.2, -0.15) is 5.10 Å². The fourth-order valence-electron chi connectivity index (χ4n) is 3.25.